The molecule has 0 saturated carbocycles. The fourth-order valence-corrected chi connectivity index (χ4v) is 2.20. The van der Waals surface area contributed by atoms with E-state index in [1.54, 1.807) is 17.5 Å². The first-order valence-corrected chi connectivity index (χ1v) is 5.41. The minimum atomic E-state index is -0.960. The van der Waals surface area contributed by atoms with Gasteiger partial charge in [0.25, 0.3) is 0 Å². The number of hydrogen-bond acceptors (Lipinski definition) is 2. The van der Waals surface area contributed by atoms with Crippen molar-refractivity contribution >= 4 is 11.3 Å². The van der Waals surface area contributed by atoms with Crippen molar-refractivity contribution in [2.45, 2.75) is 6.04 Å². The number of thiophene rings is 1. The normalized spacial score (nSPS) is 12.8. The van der Waals surface area contributed by atoms with Crippen LogP contribution in [0, 0.1) is 17.5 Å². The standard InChI is InChI=1S/C11H8F3NS/c12-6-4-7(13)10(8(14)5-6)11(15)9-2-1-3-16-9/h1-5,11H,15H2. The van der Waals surface area contributed by atoms with Crippen LogP contribution in [0.5, 0.6) is 0 Å². The van der Waals surface area contributed by atoms with Gasteiger partial charge in [-0.25, -0.2) is 13.2 Å². The number of nitrogens with two attached hydrogens (primary N) is 1. The highest BCUT2D eigenvalue weighted by molar-refractivity contribution is 7.10. The third-order valence-corrected chi connectivity index (χ3v) is 3.16. The predicted octanol–water partition coefficient (Wildman–Crippen LogP) is 3.21. The predicted molar refractivity (Wildman–Crippen MR) is 56.7 cm³/mol. The van der Waals surface area contributed by atoms with Gasteiger partial charge in [0.2, 0.25) is 0 Å². The first-order valence-electron chi connectivity index (χ1n) is 4.53. The second-order valence-electron chi connectivity index (χ2n) is 3.28. The highest BCUT2D eigenvalue weighted by Gasteiger charge is 2.20. The third-order valence-electron chi connectivity index (χ3n) is 2.20. The zero-order valence-corrected chi connectivity index (χ0v) is 8.90. The minimum absolute atomic E-state index is 0.302. The first kappa shape index (κ1) is 11.2. The molecule has 0 spiro atoms. The molecule has 0 radical (unpaired) electrons. The fourth-order valence-electron chi connectivity index (χ4n) is 1.46. The topological polar surface area (TPSA) is 26.0 Å². The lowest BCUT2D eigenvalue weighted by atomic mass is 10.0. The molecule has 2 N–H and O–H groups in total. The lowest BCUT2D eigenvalue weighted by molar-refractivity contribution is 0.516. The Morgan fingerprint density at radius 3 is 2.25 bits per heavy atom. The van der Waals surface area contributed by atoms with E-state index in [2.05, 4.69) is 0 Å². The first-order chi connectivity index (χ1) is 7.59. The van der Waals surface area contributed by atoms with E-state index < -0.39 is 23.5 Å². The van der Waals surface area contributed by atoms with Crippen LogP contribution in [0.4, 0.5) is 13.2 Å². The van der Waals surface area contributed by atoms with Crippen molar-refractivity contribution in [1.82, 2.24) is 0 Å². The van der Waals surface area contributed by atoms with Crippen LogP contribution >= 0.6 is 11.3 Å². The summed E-state index contributed by atoms with van der Waals surface area (Å²) in [6.07, 6.45) is 0. The maximum absolute atomic E-state index is 13.4. The van der Waals surface area contributed by atoms with Gasteiger partial charge in [-0.05, 0) is 11.4 Å². The van der Waals surface area contributed by atoms with Crippen LogP contribution in [0.3, 0.4) is 0 Å². The Bertz CT molecular complexity index is 473. The highest BCUT2D eigenvalue weighted by Crippen LogP contribution is 2.28. The van der Waals surface area contributed by atoms with E-state index in [0.717, 1.165) is 0 Å². The molecule has 84 valence electrons. The van der Waals surface area contributed by atoms with Crippen LogP contribution < -0.4 is 5.73 Å². The van der Waals surface area contributed by atoms with Gasteiger partial charge in [-0.15, -0.1) is 11.3 Å². The molecule has 0 aliphatic heterocycles. The van der Waals surface area contributed by atoms with E-state index in [0.29, 0.717) is 17.0 Å². The van der Waals surface area contributed by atoms with Crippen molar-refractivity contribution in [2.75, 3.05) is 0 Å². The molecule has 2 rings (SSSR count). The van der Waals surface area contributed by atoms with E-state index in [9.17, 15) is 13.2 Å². The molecule has 0 amide bonds. The molecule has 5 heteroatoms. The molecule has 1 nitrogen and oxygen atoms in total. The van der Waals surface area contributed by atoms with E-state index in [4.69, 9.17) is 5.73 Å². The summed E-state index contributed by atoms with van der Waals surface area (Å²) in [6.45, 7) is 0. The molecular weight excluding hydrogens is 235 g/mol. The summed E-state index contributed by atoms with van der Waals surface area (Å²) in [7, 11) is 0. The third kappa shape index (κ3) is 1.96. The second-order valence-corrected chi connectivity index (χ2v) is 4.26. The zero-order chi connectivity index (χ0) is 11.7. The summed E-state index contributed by atoms with van der Waals surface area (Å²) < 4.78 is 39.5. The van der Waals surface area contributed by atoms with Gasteiger partial charge < -0.3 is 5.73 Å². The molecule has 0 aliphatic rings. The summed E-state index contributed by atoms with van der Waals surface area (Å²) in [5.74, 6) is -2.87. The molecule has 1 unspecified atom stereocenters. The number of halogens is 3. The van der Waals surface area contributed by atoms with Crippen molar-refractivity contribution in [1.29, 1.82) is 0 Å². The Balaban J connectivity index is 2.48. The van der Waals surface area contributed by atoms with Gasteiger partial charge in [-0.2, -0.15) is 0 Å². The van der Waals surface area contributed by atoms with Gasteiger partial charge in [0.15, 0.2) is 0 Å². The molecular formula is C11H8F3NS. The van der Waals surface area contributed by atoms with E-state index in [-0.39, 0.29) is 5.56 Å². The Kier molecular flexibility index (Phi) is 2.98. The summed E-state index contributed by atoms with van der Waals surface area (Å²) in [4.78, 5) is 0.629. The fraction of sp³-hybridized carbons (Fsp3) is 0.0909. The SMILES string of the molecule is NC(c1cccs1)c1c(F)cc(F)cc1F. The lowest BCUT2D eigenvalue weighted by Gasteiger charge is -2.12. The van der Waals surface area contributed by atoms with Crippen LogP contribution in [-0.4, -0.2) is 0 Å². The van der Waals surface area contributed by atoms with E-state index >= 15 is 0 Å². The van der Waals surface area contributed by atoms with Crippen molar-refractivity contribution in [3.63, 3.8) is 0 Å². The monoisotopic (exact) mass is 243 g/mol. The zero-order valence-electron chi connectivity index (χ0n) is 8.08. The Labute approximate surface area is 94.3 Å². The van der Waals surface area contributed by atoms with Gasteiger partial charge in [0.05, 0.1) is 6.04 Å². The maximum atomic E-state index is 13.4. The molecule has 0 bridgehead atoms. The largest absolute Gasteiger partial charge is 0.319 e. The highest BCUT2D eigenvalue weighted by atomic mass is 32.1. The molecule has 16 heavy (non-hydrogen) atoms. The van der Waals surface area contributed by atoms with Crippen LogP contribution in [-0.2, 0) is 0 Å². The molecule has 0 fully saturated rings. The van der Waals surface area contributed by atoms with Crippen molar-refractivity contribution in [3.05, 3.63) is 57.5 Å². The number of benzene rings is 1. The maximum Gasteiger partial charge on any atom is 0.134 e. The molecule has 0 saturated heterocycles. The van der Waals surface area contributed by atoms with Gasteiger partial charge in [0, 0.05) is 22.6 Å². The van der Waals surface area contributed by atoms with Crippen molar-refractivity contribution < 1.29 is 13.2 Å². The Morgan fingerprint density at radius 2 is 1.75 bits per heavy atom. The van der Waals surface area contributed by atoms with Crippen LogP contribution in [0.1, 0.15) is 16.5 Å². The van der Waals surface area contributed by atoms with Crippen LogP contribution in [0.2, 0.25) is 0 Å². The molecule has 2 aromatic rings. The summed E-state index contributed by atoms with van der Waals surface area (Å²) in [5, 5.41) is 1.76. The summed E-state index contributed by atoms with van der Waals surface area (Å²) >= 11 is 1.30. The quantitative estimate of drug-likeness (QED) is 0.861. The summed E-state index contributed by atoms with van der Waals surface area (Å²) in [6, 6.07) is 3.77. The number of rotatable bonds is 2. The molecule has 1 atom stereocenters. The summed E-state index contributed by atoms with van der Waals surface area (Å²) in [5.41, 5.74) is 5.42. The van der Waals surface area contributed by atoms with Gasteiger partial charge >= 0.3 is 0 Å². The van der Waals surface area contributed by atoms with Gasteiger partial charge in [0.1, 0.15) is 17.5 Å². The van der Waals surface area contributed by atoms with Gasteiger partial charge in [-0.1, -0.05) is 6.07 Å². The molecule has 1 aromatic carbocycles. The van der Waals surface area contributed by atoms with E-state index in [1.165, 1.54) is 11.3 Å². The molecule has 1 heterocycles. The minimum Gasteiger partial charge on any atom is -0.319 e. The molecule has 1 aromatic heterocycles. The average Bonchev–Trinajstić information content (AvgIpc) is 2.67. The van der Waals surface area contributed by atoms with Gasteiger partial charge in [-0.3, -0.25) is 0 Å². The van der Waals surface area contributed by atoms with Crippen molar-refractivity contribution in [2.24, 2.45) is 5.73 Å². The van der Waals surface area contributed by atoms with Crippen LogP contribution in [0.25, 0.3) is 0 Å². The number of hydrogen-bond donors (Lipinski definition) is 1. The second kappa shape index (κ2) is 4.27. The Morgan fingerprint density at radius 1 is 1.12 bits per heavy atom. The average molecular weight is 243 g/mol. The lowest BCUT2D eigenvalue weighted by Crippen LogP contribution is -2.14. The Hall–Kier alpha value is -1.33. The van der Waals surface area contributed by atoms with Crippen molar-refractivity contribution in [3.8, 4) is 0 Å². The molecule has 0 aliphatic carbocycles. The van der Waals surface area contributed by atoms with Crippen LogP contribution in [0.15, 0.2) is 29.6 Å². The smallest absolute Gasteiger partial charge is 0.134 e. The van der Waals surface area contributed by atoms with E-state index in [1.807, 2.05) is 0 Å².